The first kappa shape index (κ1) is 18.8. The Balaban J connectivity index is 1.76. The minimum Gasteiger partial charge on any atom is -0.495 e. The van der Waals surface area contributed by atoms with E-state index in [2.05, 4.69) is 20.6 Å². The maximum atomic E-state index is 6.18. The quantitative estimate of drug-likeness (QED) is 0.573. The van der Waals surface area contributed by atoms with Crippen LogP contribution in [0.3, 0.4) is 0 Å². The van der Waals surface area contributed by atoms with Gasteiger partial charge in [-0.1, -0.05) is 11.6 Å². The molecule has 0 fully saturated rings. The number of ether oxygens (including phenoxy) is 2. The van der Waals surface area contributed by atoms with E-state index in [1.165, 1.54) is 0 Å². The summed E-state index contributed by atoms with van der Waals surface area (Å²) in [4.78, 5) is 8.86. The molecule has 0 unspecified atom stereocenters. The lowest BCUT2D eigenvalue weighted by atomic mass is 10.3. The number of hydrogen-bond acceptors (Lipinski definition) is 6. The first-order valence-corrected chi connectivity index (χ1v) is 8.91. The van der Waals surface area contributed by atoms with Crippen molar-refractivity contribution >= 4 is 34.6 Å². The number of halogens is 1. The summed E-state index contributed by atoms with van der Waals surface area (Å²) >= 11 is 6.18. The van der Waals surface area contributed by atoms with Crippen LogP contribution in [-0.2, 0) is 0 Å². The molecule has 0 amide bonds. The lowest BCUT2D eigenvalue weighted by Crippen LogP contribution is -2.01. The van der Waals surface area contributed by atoms with Gasteiger partial charge in [0.05, 0.1) is 18.7 Å². The number of anilines is 4. The largest absolute Gasteiger partial charge is 0.495 e. The Kier molecular flexibility index (Phi) is 5.98. The Morgan fingerprint density at radius 3 is 2.15 bits per heavy atom. The Labute approximate surface area is 163 Å². The highest BCUT2D eigenvalue weighted by molar-refractivity contribution is 6.32. The summed E-state index contributed by atoms with van der Waals surface area (Å²) in [7, 11) is 1.58. The Hall–Kier alpha value is -2.99. The smallest absolute Gasteiger partial charge is 0.137 e. The molecule has 1 aromatic heterocycles. The maximum absolute atomic E-state index is 6.18. The van der Waals surface area contributed by atoms with Crippen molar-refractivity contribution in [3.05, 3.63) is 59.4 Å². The normalized spacial score (nSPS) is 10.4. The van der Waals surface area contributed by atoms with E-state index >= 15 is 0 Å². The van der Waals surface area contributed by atoms with E-state index in [4.69, 9.17) is 21.1 Å². The van der Waals surface area contributed by atoms with Gasteiger partial charge in [-0.25, -0.2) is 9.97 Å². The van der Waals surface area contributed by atoms with Crippen molar-refractivity contribution in [3.63, 3.8) is 0 Å². The number of nitrogens with zero attached hydrogens (tertiary/aromatic N) is 2. The van der Waals surface area contributed by atoms with E-state index in [-0.39, 0.29) is 0 Å². The average Bonchev–Trinajstić information content (AvgIpc) is 2.63. The van der Waals surface area contributed by atoms with Gasteiger partial charge in [-0.2, -0.15) is 0 Å². The number of aromatic nitrogens is 2. The summed E-state index contributed by atoms with van der Waals surface area (Å²) in [5, 5.41) is 7.04. The zero-order chi connectivity index (χ0) is 19.2. The third kappa shape index (κ3) is 5.01. The zero-order valence-electron chi connectivity index (χ0n) is 15.4. The molecule has 3 aromatic rings. The summed E-state index contributed by atoms with van der Waals surface area (Å²) < 4.78 is 10.6. The maximum Gasteiger partial charge on any atom is 0.137 e. The molecule has 7 heteroatoms. The highest BCUT2D eigenvalue weighted by Crippen LogP contribution is 2.29. The zero-order valence-corrected chi connectivity index (χ0v) is 16.2. The van der Waals surface area contributed by atoms with Crippen molar-refractivity contribution in [2.45, 2.75) is 13.8 Å². The second-order valence-corrected chi connectivity index (χ2v) is 6.15. The SMILES string of the molecule is CCOc1ccc(Nc2cc(Nc3ccc(OC)c(Cl)c3)nc(C)n2)cc1. The van der Waals surface area contributed by atoms with Crippen LogP contribution in [0.25, 0.3) is 0 Å². The highest BCUT2D eigenvalue weighted by Gasteiger charge is 2.06. The third-order valence-corrected chi connectivity index (χ3v) is 4.00. The summed E-state index contributed by atoms with van der Waals surface area (Å²) in [6, 6.07) is 15.0. The number of hydrogen-bond donors (Lipinski definition) is 2. The predicted octanol–water partition coefficient (Wildman–Crippen LogP) is 5.33. The summed E-state index contributed by atoms with van der Waals surface area (Å²) in [6.07, 6.45) is 0. The molecule has 0 aliphatic heterocycles. The van der Waals surface area contributed by atoms with Gasteiger partial charge >= 0.3 is 0 Å². The number of methoxy groups -OCH3 is 1. The monoisotopic (exact) mass is 384 g/mol. The molecule has 140 valence electrons. The molecule has 6 nitrogen and oxygen atoms in total. The van der Waals surface area contributed by atoms with E-state index in [1.54, 1.807) is 19.2 Å². The number of nitrogens with one attached hydrogen (secondary N) is 2. The van der Waals surface area contributed by atoms with Crippen LogP contribution in [0.1, 0.15) is 12.7 Å². The van der Waals surface area contributed by atoms with Crippen molar-refractivity contribution in [2.24, 2.45) is 0 Å². The van der Waals surface area contributed by atoms with Crippen LogP contribution in [0.4, 0.5) is 23.0 Å². The number of aryl methyl sites for hydroxylation is 1. The van der Waals surface area contributed by atoms with Gasteiger partial charge in [0.1, 0.15) is 29.0 Å². The molecule has 0 radical (unpaired) electrons. The molecular formula is C20H21ClN4O2. The van der Waals surface area contributed by atoms with Crippen LogP contribution in [0, 0.1) is 6.92 Å². The van der Waals surface area contributed by atoms with Crippen molar-refractivity contribution in [1.82, 2.24) is 9.97 Å². The van der Waals surface area contributed by atoms with E-state index in [1.807, 2.05) is 50.2 Å². The predicted molar refractivity (Wildman–Crippen MR) is 109 cm³/mol. The van der Waals surface area contributed by atoms with Crippen LogP contribution in [0.15, 0.2) is 48.5 Å². The Bertz CT molecular complexity index is 916. The molecule has 1 heterocycles. The van der Waals surface area contributed by atoms with Crippen LogP contribution < -0.4 is 20.1 Å². The van der Waals surface area contributed by atoms with Gasteiger partial charge in [0.25, 0.3) is 0 Å². The fraction of sp³-hybridized carbons (Fsp3) is 0.200. The van der Waals surface area contributed by atoms with E-state index in [0.717, 1.165) is 17.1 Å². The molecule has 0 saturated carbocycles. The first-order valence-electron chi connectivity index (χ1n) is 8.53. The minimum absolute atomic E-state index is 0.529. The second kappa shape index (κ2) is 8.60. The van der Waals surface area contributed by atoms with Crippen molar-refractivity contribution in [2.75, 3.05) is 24.4 Å². The van der Waals surface area contributed by atoms with Gasteiger partial charge in [0.15, 0.2) is 0 Å². The molecule has 0 spiro atoms. The fourth-order valence-corrected chi connectivity index (χ4v) is 2.79. The standard InChI is InChI=1S/C20H21ClN4O2/c1-4-27-16-8-5-14(6-9-16)24-19-12-20(23-13(2)22-19)25-15-7-10-18(26-3)17(21)11-15/h5-12H,4H2,1-3H3,(H2,22,23,24,25). The molecule has 27 heavy (non-hydrogen) atoms. The topological polar surface area (TPSA) is 68.3 Å². The summed E-state index contributed by atoms with van der Waals surface area (Å²) in [5.41, 5.74) is 1.72. The molecule has 2 N–H and O–H groups in total. The third-order valence-electron chi connectivity index (χ3n) is 3.70. The Morgan fingerprint density at radius 2 is 1.56 bits per heavy atom. The fourth-order valence-electron chi connectivity index (χ4n) is 2.54. The molecule has 2 aromatic carbocycles. The van der Waals surface area contributed by atoms with Crippen molar-refractivity contribution < 1.29 is 9.47 Å². The first-order chi connectivity index (χ1) is 13.1. The molecule has 0 aliphatic rings. The van der Waals surface area contributed by atoms with Gasteiger partial charge in [0, 0.05) is 17.4 Å². The van der Waals surface area contributed by atoms with Crippen molar-refractivity contribution in [1.29, 1.82) is 0 Å². The van der Waals surface area contributed by atoms with E-state index in [9.17, 15) is 0 Å². The van der Waals surface area contributed by atoms with E-state index in [0.29, 0.717) is 34.8 Å². The lowest BCUT2D eigenvalue weighted by Gasteiger charge is -2.12. The van der Waals surface area contributed by atoms with E-state index < -0.39 is 0 Å². The Morgan fingerprint density at radius 1 is 0.926 bits per heavy atom. The van der Waals surface area contributed by atoms with Gasteiger partial charge in [-0.15, -0.1) is 0 Å². The summed E-state index contributed by atoms with van der Waals surface area (Å²) in [6.45, 7) is 4.44. The molecule has 0 bridgehead atoms. The van der Waals surface area contributed by atoms with Crippen LogP contribution in [-0.4, -0.2) is 23.7 Å². The van der Waals surface area contributed by atoms with Gasteiger partial charge in [-0.3, -0.25) is 0 Å². The minimum atomic E-state index is 0.529. The van der Waals surface area contributed by atoms with Crippen LogP contribution in [0.2, 0.25) is 5.02 Å². The van der Waals surface area contributed by atoms with Crippen LogP contribution in [0.5, 0.6) is 11.5 Å². The molecule has 0 saturated heterocycles. The lowest BCUT2D eigenvalue weighted by molar-refractivity contribution is 0.340. The van der Waals surface area contributed by atoms with Gasteiger partial charge < -0.3 is 20.1 Å². The molecule has 0 aliphatic carbocycles. The van der Waals surface area contributed by atoms with Gasteiger partial charge in [-0.05, 0) is 56.3 Å². The average molecular weight is 385 g/mol. The van der Waals surface area contributed by atoms with Gasteiger partial charge in [0.2, 0.25) is 0 Å². The number of benzene rings is 2. The molecule has 0 atom stereocenters. The molecule has 3 rings (SSSR count). The number of rotatable bonds is 7. The molecular weight excluding hydrogens is 364 g/mol. The highest BCUT2D eigenvalue weighted by atomic mass is 35.5. The van der Waals surface area contributed by atoms with Crippen molar-refractivity contribution in [3.8, 4) is 11.5 Å². The second-order valence-electron chi connectivity index (χ2n) is 5.74. The summed E-state index contributed by atoms with van der Waals surface area (Å²) in [5.74, 6) is 3.46. The van der Waals surface area contributed by atoms with Crippen LogP contribution >= 0.6 is 11.6 Å².